The SMILES string of the molecule is CNC1COC(c2ccc(C(C)(C)C)cc2)OC1. The Morgan fingerprint density at radius 2 is 1.61 bits per heavy atom. The number of benzene rings is 1. The minimum absolute atomic E-state index is 0.185. The molecular weight excluding hydrogens is 226 g/mol. The van der Waals surface area contributed by atoms with Crippen molar-refractivity contribution >= 4 is 0 Å². The first kappa shape index (κ1) is 13.5. The lowest BCUT2D eigenvalue weighted by atomic mass is 9.87. The van der Waals surface area contributed by atoms with E-state index in [1.54, 1.807) is 0 Å². The summed E-state index contributed by atoms with van der Waals surface area (Å²) in [5, 5.41) is 3.15. The summed E-state index contributed by atoms with van der Waals surface area (Å²) < 4.78 is 11.4. The molecule has 0 aromatic heterocycles. The van der Waals surface area contributed by atoms with E-state index in [1.807, 2.05) is 7.05 Å². The van der Waals surface area contributed by atoms with E-state index in [4.69, 9.17) is 9.47 Å². The quantitative estimate of drug-likeness (QED) is 0.874. The van der Waals surface area contributed by atoms with Crippen LogP contribution in [-0.2, 0) is 14.9 Å². The van der Waals surface area contributed by atoms with E-state index >= 15 is 0 Å². The van der Waals surface area contributed by atoms with Gasteiger partial charge in [-0.3, -0.25) is 0 Å². The molecule has 3 heteroatoms. The fourth-order valence-electron chi connectivity index (χ4n) is 2.00. The van der Waals surface area contributed by atoms with Gasteiger partial charge in [0.2, 0.25) is 0 Å². The summed E-state index contributed by atoms with van der Waals surface area (Å²) in [4.78, 5) is 0. The predicted molar refractivity (Wildman–Crippen MR) is 72.6 cm³/mol. The Kier molecular flexibility index (Phi) is 4.05. The molecule has 0 amide bonds. The van der Waals surface area contributed by atoms with Crippen LogP contribution in [0, 0.1) is 0 Å². The predicted octanol–water partition coefficient (Wildman–Crippen LogP) is 2.62. The number of hydrogen-bond acceptors (Lipinski definition) is 3. The van der Waals surface area contributed by atoms with Gasteiger partial charge in [-0.2, -0.15) is 0 Å². The van der Waals surface area contributed by atoms with E-state index < -0.39 is 0 Å². The zero-order chi connectivity index (χ0) is 13.2. The lowest BCUT2D eigenvalue weighted by Crippen LogP contribution is -2.40. The molecule has 18 heavy (non-hydrogen) atoms. The molecule has 3 nitrogen and oxygen atoms in total. The third-order valence-corrected chi connectivity index (χ3v) is 3.35. The van der Waals surface area contributed by atoms with Crippen LogP contribution in [0.4, 0.5) is 0 Å². The summed E-state index contributed by atoms with van der Waals surface area (Å²) in [6.07, 6.45) is -0.219. The van der Waals surface area contributed by atoms with Gasteiger partial charge in [0.25, 0.3) is 0 Å². The molecule has 0 aliphatic carbocycles. The molecule has 1 aliphatic rings. The van der Waals surface area contributed by atoms with Gasteiger partial charge in [0.1, 0.15) is 0 Å². The van der Waals surface area contributed by atoms with Crippen molar-refractivity contribution in [1.29, 1.82) is 0 Å². The highest BCUT2D eigenvalue weighted by Crippen LogP contribution is 2.27. The highest BCUT2D eigenvalue weighted by Gasteiger charge is 2.23. The molecule has 100 valence electrons. The first-order valence-electron chi connectivity index (χ1n) is 6.51. The van der Waals surface area contributed by atoms with Crippen molar-refractivity contribution in [2.45, 2.75) is 38.5 Å². The first-order chi connectivity index (χ1) is 8.50. The second-order valence-corrected chi connectivity index (χ2v) is 5.86. The number of ether oxygens (including phenoxy) is 2. The third-order valence-electron chi connectivity index (χ3n) is 3.35. The lowest BCUT2D eigenvalue weighted by molar-refractivity contribution is -0.193. The van der Waals surface area contributed by atoms with Crippen LogP contribution < -0.4 is 5.32 Å². The zero-order valence-corrected chi connectivity index (χ0v) is 11.7. The molecule has 1 aromatic rings. The molecule has 0 bridgehead atoms. The van der Waals surface area contributed by atoms with Crippen molar-refractivity contribution in [3.8, 4) is 0 Å². The van der Waals surface area contributed by atoms with Gasteiger partial charge in [-0.15, -0.1) is 0 Å². The van der Waals surface area contributed by atoms with Crippen LogP contribution in [0.3, 0.4) is 0 Å². The Morgan fingerprint density at radius 1 is 1.06 bits per heavy atom. The number of likely N-dealkylation sites (N-methyl/N-ethyl adjacent to an activating group) is 1. The van der Waals surface area contributed by atoms with Crippen molar-refractivity contribution < 1.29 is 9.47 Å². The standard InChI is InChI=1S/C15H23NO2/c1-15(2,3)12-7-5-11(6-8-12)14-17-9-13(16-4)10-18-14/h5-8,13-14,16H,9-10H2,1-4H3. The molecular formula is C15H23NO2. The van der Waals surface area contributed by atoms with Gasteiger partial charge in [0, 0.05) is 5.56 Å². The van der Waals surface area contributed by atoms with Crippen LogP contribution in [-0.4, -0.2) is 26.3 Å². The van der Waals surface area contributed by atoms with Gasteiger partial charge >= 0.3 is 0 Å². The molecule has 1 fully saturated rings. The van der Waals surface area contributed by atoms with Crippen LogP contribution in [0.1, 0.15) is 38.2 Å². The fraction of sp³-hybridized carbons (Fsp3) is 0.600. The average molecular weight is 249 g/mol. The summed E-state index contributed by atoms with van der Waals surface area (Å²) >= 11 is 0. The molecule has 2 rings (SSSR count). The number of rotatable bonds is 2. The molecule has 1 saturated heterocycles. The number of nitrogens with one attached hydrogen (secondary N) is 1. The van der Waals surface area contributed by atoms with E-state index in [2.05, 4.69) is 50.4 Å². The second-order valence-electron chi connectivity index (χ2n) is 5.86. The van der Waals surface area contributed by atoms with Crippen LogP contribution in [0.25, 0.3) is 0 Å². The monoisotopic (exact) mass is 249 g/mol. The fourth-order valence-corrected chi connectivity index (χ4v) is 2.00. The Bertz CT molecular complexity index is 372. The van der Waals surface area contributed by atoms with Crippen molar-refractivity contribution in [3.05, 3.63) is 35.4 Å². The average Bonchev–Trinajstić information content (AvgIpc) is 2.38. The van der Waals surface area contributed by atoms with E-state index in [-0.39, 0.29) is 11.7 Å². The Balaban J connectivity index is 2.02. The Morgan fingerprint density at radius 3 is 2.06 bits per heavy atom. The van der Waals surface area contributed by atoms with Gasteiger partial charge in [-0.25, -0.2) is 0 Å². The normalized spacial score (nSPS) is 25.1. The zero-order valence-electron chi connectivity index (χ0n) is 11.7. The molecule has 1 aromatic carbocycles. The minimum Gasteiger partial charge on any atom is -0.347 e. The van der Waals surface area contributed by atoms with E-state index in [0.717, 1.165) is 5.56 Å². The van der Waals surface area contributed by atoms with E-state index in [9.17, 15) is 0 Å². The maximum absolute atomic E-state index is 5.71. The highest BCUT2D eigenvalue weighted by molar-refractivity contribution is 5.28. The second kappa shape index (κ2) is 5.39. The Hall–Kier alpha value is -0.900. The van der Waals surface area contributed by atoms with Crippen LogP contribution in [0.2, 0.25) is 0 Å². The minimum atomic E-state index is -0.219. The van der Waals surface area contributed by atoms with Crippen LogP contribution in [0.5, 0.6) is 0 Å². The molecule has 1 N–H and O–H groups in total. The summed E-state index contributed by atoms with van der Waals surface area (Å²) in [5.41, 5.74) is 2.61. The first-order valence-corrected chi connectivity index (χ1v) is 6.51. The van der Waals surface area contributed by atoms with E-state index in [0.29, 0.717) is 19.3 Å². The topological polar surface area (TPSA) is 30.5 Å². The molecule has 0 spiro atoms. The summed E-state index contributed by atoms with van der Waals surface area (Å²) in [5.74, 6) is 0. The van der Waals surface area contributed by atoms with Gasteiger partial charge in [0.05, 0.1) is 19.3 Å². The molecule has 1 heterocycles. The lowest BCUT2D eigenvalue weighted by Gasteiger charge is -2.29. The largest absolute Gasteiger partial charge is 0.347 e. The summed E-state index contributed by atoms with van der Waals surface area (Å²) in [6, 6.07) is 8.82. The molecule has 0 atom stereocenters. The van der Waals surface area contributed by atoms with Gasteiger partial charge < -0.3 is 14.8 Å². The van der Waals surface area contributed by atoms with Gasteiger partial charge in [-0.1, -0.05) is 45.0 Å². The van der Waals surface area contributed by atoms with Crippen molar-refractivity contribution in [1.82, 2.24) is 5.32 Å². The van der Waals surface area contributed by atoms with Crippen LogP contribution in [0.15, 0.2) is 24.3 Å². The maximum atomic E-state index is 5.71. The smallest absolute Gasteiger partial charge is 0.183 e. The highest BCUT2D eigenvalue weighted by atomic mass is 16.7. The summed E-state index contributed by atoms with van der Waals surface area (Å²) in [6.45, 7) is 8.04. The third kappa shape index (κ3) is 3.10. The number of hydrogen-bond donors (Lipinski definition) is 1. The van der Waals surface area contributed by atoms with Gasteiger partial charge in [0.15, 0.2) is 6.29 Å². The van der Waals surface area contributed by atoms with E-state index in [1.165, 1.54) is 5.56 Å². The molecule has 0 unspecified atom stereocenters. The Labute approximate surface area is 109 Å². The van der Waals surface area contributed by atoms with Gasteiger partial charge in [-0.05, 0) is 18.0 Å². The molecule has 0 saturated carbocycles. The molecule has 0 radical (unpaired) electrons. The summed E-state index contributed by atoms with van der Waals surface area (Å²) in [7, 11) is 1.93. The van der Waals surface area contributed by atoms with Crippen LogP contribution >= 0.6 is 0 Å². The van der Waals surface area contributed by atoms with Crippen molar-refractivity contribution in [3.63, 3.8) is 0 Å². The van der Waals surface area contributed by atoms with Crippen molar-refractivity contribution in [2.75, 3.05) is 20.3 Å². The molecule has 1 aliphatic heterocycles. The maximum Gasteiger partial charge on any atom is 0.183 e. The van der Waals surface area contributed by atoms with Crippen molar-refractivity contribution in [2.24, 2.45) is 0 Å².